The Morgan fingerprint density at radius 3 is 1.80 bits per heavy atom. The van der Waals surface area contributed by atoms with Crippen molar-refractivity contribution in [3.05, 3.63) is 71.8 Å². The molecular formula is C18H21NS. The van der Waals surface area contributed by atoms with Crippen molar-refractivity contribution < 1.29 is 0 Å². The van der Waals surface area contributed by atoms with Crippen LogP contribution in [0, 0.1) is 0 Å². The molecule has 0 spiro atoms. The molecule has 2 atom stereocenters. The molecule has 104 valence electrons. The van der Waals surface area contributed by atoms with Gasteiger partial charge in [-0.05, 0) is 18.1 Å². The Labute approximate surface area is 126 Å². The van der Waals surface area contributed by atoms with Crippen LogP contribution in [0.25, 0.3) is 0 Å². The maximum atomic E-state index is 2.61. The first-order valence-electron chi connectivity index (χ1n) is 7.26. The molecule has 1 aliphatic rings. The van der Waals surface area contributed by atoms with Gasteiger partial charge in [-0.2, -0.15) is 11.8 Å². The van der Waals surface area contributed by atoms with Crippen LogP contribution in [0.3, 0.4) is 0 Å². The van der Waals surface area contributed by atoms with Gasteiger partial charge in [0, 0.05) is 30.1 Å². The fraction of sp³-hybridized carbons (Fsp3) is 0.333. The molecule has 0 N–H and O–H groups in total. The fourth-order valence-corrected chi connectivity index (χ4v) is 3.39. The van der Waals surface area contributed by atoms with Gasteiger partial charge in [0.05, 0.1) is 0 Å². The highest BCUT2D eigenvalue weighted by Gasteiger charge is 2.32. The van der Waals surface area contributed by atoms with Crippen LogP contribution < -0.4 is 0 Å². The van der Waals surface area contributed by atoms with Gasteiger partial charge in [-0.25, -0.2) is 0 Å². The third kappa shape index (κ3) is 3.65. The van der Waals surface area contributed by atoms with Crippen molar-refractivity contribution in [2.45, 2.75) is 31.3 Å². The normalized spacial score (nSPS) is 19.0. The number of nitrogens with zero attached hydrogens (tertiary/aromatic N) is 1. The Morgan fingerprint density at radius 2 is 1.40 bits per heavy atom. The van der Waals surface area contributed by atoms with E-state index in [1.165, 1.54) is 16.9 Å². The van der Waals surface area contributed by atoms with E-state index in [9.17, 15) is 0 Å². The van der Waals surface area contributed by atoms with Gasteiger partial charge in [0.2, 0.25) is 0 Å². The molecule has 0 aliphatic carbocycles. The van der Waals surface area contributed by atoms with Crippen molar-refractivity contribution in [1.82, 2.24) is 4.90 Å². The zero-order valence-corrected chi connectivity index (χ0v) is 12.7. The quantitative estimate of drug-likeness (QED) is 0.731. The average Bonchev–Trinajstić information content (AvgIpc) is 3.33. The van der Waals surface area contributed by atoms with Gasteiger partial charge < -0.3 is 0 Å². The second-order valence-electron chi connectivity index (χ2n) is 5.49. The lowest BCUT2D eigenvalue weighted by Gasteiger charge is -2.29. The minimum atomic E-state index is 0.639. The van der Waals surface area contributed by atoms with E-state index in [1.54, 1.807) is 0 Å². The summed E-state index contributed by atoms with van der Waals surface area (Å²) in [6.07, 6.45) is 0. The summed E-state index contributed by atoms with van der Waals surface area (Å²) in [5.41, 5.74) is 2.81. The van der Waals surface area contributed by atoms with E-state index in [-0.39, 0.29) is 0 Å². The average molecular weight is 283 g/mol. The minimum Gasteiger partial charge on any atom is -0.291 e. The van der Waals surface area contributed by atoms with Gasteiger partial charge in [0.1, 0.15) is 0 Å². The van der Waals surface area contributed by atoms with Crippen molar-refractivity contribution in [2.24, 2.45) is 0 Å². The molecule has 1 nitrogen and oxygen atoms in total. The van der Waals surface area contributed by atoms with Gasteiger partial charge >= 0.3 is 0 Å². The van der Waals surface area contributed by atoms with E-state index < -0.39 is 0 Å². The molecule has 0 amide bonds. The number of rotatable bonds is 6. The monoisotopic (exact) mass is 283 g/mol. The number of hydrogen-bond acceptors (Lipinski definition) is 2. The van der Waals surface area contributed by atoms with Crippen molar-refractivity contribution in [1.29, 1.82) is 0 Å². The largest absolute Gasteiger partial charge is 0.291 e. The number of thioether (sulfide) groups is 1. The zero-order valence-electron chi connectivity index (χ0n) is 11.9. The molecule has 3 rings (SSSR count). The lowest BCUT2D eigenvalue weighted by Crippen LogP contribution is -2.35. The maximum Gasteiger partial charge on any atom is 0.0292 e. The summed E-state index contributed by atoms with van der Waals surface area (Å²) in [7, 11) is 0. The first-order valence-corrected chi connectivity index (χ1v) is 8.31. The van der Waals surface area contributed by atoms with Gasteiger partial charge in [0.25, 0.3) is 0 Å². The topological polar surface area (TPSA) is 3.24 Å². The van der Waals surface area contributed by atoms with Gasteiger partial charge in [-0.15, -0.1) is 0 Å². The smallest absolute Gasteiger partial charge is 0.0292 e. The molecule has 0 unspecified atom stereocenters. The van der Waals surface area contributed by atoms with E-state index in [0.717, 1.165) is 18.3 Å². The van der Waals surface area contributed by atoms with Crippen molar-refractivity contribution in [3.8, 4) is 0 Å². The highest BCUT2D eigenvalue weighted by molar-refractivity contribution is 8.06. The molecular weight excluding hydrogens is 262 g/mol. The second-order valence-corrected chi connectivity index (χ2v) is 6.76. The lowest BCUT2D eigenvalue weighted by atomic mass is 10.1. The summed E-state index contributed by atoms with van der Waals surface area (Å²) in [4.78, 5) is 2.61. The van der Waals surface area contributed by atoms with E-state index >= 15 is 0 Å². The first-order chi connectivity index (χ1) is 9.83. The van der Waals surface area contributed by atoms with Crippen LogP contribution in [-0.2, 0) is 13.1 Å². The molecule has 1 aliphatic heterocycles. The molecule has 2 aromatic rings. The highest BCUT2D eigenvalue weighted by atomic mass is 32.2. The molecule has 1 heterocycles. The molecule has 2 aromatic carbocycles. The van der Waals surface area contributed by atoms with Crippen LogP contribution in [0.1, 0.15) is 18.1 Å². The van der Waals surface area contributed by atoms with Crippen LogP contribution in [0.5, 0.6) is 0 Å². The van der Waals surface area contributed by atoms with Crippen molar-refractivity contribution >= 4 is 11.8 Å². The van der Waals surface area contributed by atoms with E-state index in [0.29, 0.717) is 6.04 Å². The first kappa shape index (κ1) is 13.7. The fourth-order valence-electron chi connectivity index (χ4n) is 2.55. The predicted octanol–water partition coefficient (Wildman–Crippen LogP) is 4.19. The Morgan fingerprint density at radius 1 is 0.950 bits per heavy atom. The van der Waals surface area contributed by atoms with Crippen LogP contribution >= 0.6 is 11.8 Å². The van der Waals surface area contributed by atoms with Crippen LogP contribution in [0.15, 0.2) is 60.7 Å². The third-order valence-electron chi connectivity index (χ3n) is 3.93. The Bertz CT molecular complexity index is 480. The molecule has 1 saturated heterocycles. The second kappa shape index (κ2) is 6.47. The summed E-state index contributed by atoms with van der Waals surface area (Å²) >= 11 is 2.08. The van der Waals surface area contributed by atoms with E-state index in [2.05, 4.69) is 84.2 Å². The lowest BCUT2D eigenvalue weighted by molar-refractivity contribution is 0.196. The third-order valence-corrected chi connectivity index (χ3v) is 5.04. The summed E-state index contributed by atoms with van der Waals surface area (Å²) in [6.45, 7) is 4.44. The minimum absolute atomic E-state index is 0.639. The Kier molecular flexibility index (Phi) is 4.44. The standard InChI is InChI=1S/C18H21NS/c1-15(18-14-20-18)19(12-16-8-4-2-5-9-16)13-17-10-6-3-7-11-17/h2-11,15,18H,12-14H2,1H3/t15-,18+/m1/s1. The zero-order chi connectivity index (χ0) is 13.8. The Balaban J connectivity index is 1.73. The molecule has 1 fully saturated rings. The van der Waals surface area contributed by atoms with Gasteiger partial charge in [0.15, 0.2) is 0 Å². The highest BCUT2D eigenvalue weighted by Crippen LogP contribution is 2.36. The summed E-state index contributed by atoms with van der Waals surface area (Å²) in [5, 5.41) is 0.822. The Hall–Kier alpha value is -1.25. The van der Waals surface area contributed by atoms with Crippen LogP contribution in [0.4, 0.5) is 0 Å². The molecule has 2 heteroatoms. The molecule has 0 radical (unpaired) electrons. The summed E-state index contributed by atoms with van der Waals surface area (Å²) in [5.74, 6) is 1.32. The molecule has 0 aromatic heterocycles. The summed E-state index contributed by atoms with van der Waals surface area (Å²) < 4.78 is 0. The van der Waals surface area contributed by atoms with Crippen LogP contribution in [-0.4, -0.2) is 21.9 Å². The molecule has 0 bridgehead atoms. The van der Waals surface area contributed by atoms with E-state index in [1.807, 2.05) is 0 Å². The molecule has 20 heavy (non-hydrogen) atoms. The van der Waals surface area contributed by atoms with Crippen molar-refractivity contribution in [2.75, 3.05) is 5.75 Å². The summed E-state index contributed by atoms with van der Waals surface area (Å²) in [6, 6.07) is 22.3. The van der Waals surface area contributed by atoms with Crippen LogP contribution in [0.2, 0.25) is 0 Å². The van der Waals surface area contributed by atoms with Crippen molar-refractivity contribution in [3.63, 3.8) is 0 Å². The maximum absolute atomic E-state index is 2.61. The van der Waals surface area contributed by atoms with Gasteiger partial charge in [-0.3, -0.25) is 4.90 Å². The molecule has 0 saturated carbocycles. The predicted molar refractivity (Wildman–Crippen MR) is 87.8 cm³/mol. The number of benzene rings is 2. The SMILES string of the molecule is C[C@H]([C@@H]1CS1)N(Cc1ccccc1)Cc1ccccc1. The van der Waals surface area contributed by atoms with E-state index in [4.69, 9.17) is 0 Å². The van der Waals surface area contributed by atoms with Gasteiger partial charge in [-0.1, -0.05) is 60.7 Å². The number of hydrogen-bond donors (Lipinski definition) is 0.